The van der Waals surface area contributed by atoms with Crippen LogP contribution in [-0.2, 0) is 35.1 Å². The van der Waals surface area contributed by atoms with Crippen LogP contribution in [0.25, 0.3) is 0 Å². The van der Waals surface area contributed by atoms with Crippen molar-refractivity contribution in [3.05, 3.63) is 0 Å². The quantitative estimate of drug-likeness (QED) is 0.292. The average molecular weight is 182 g/mol. The second-order valence-corrected chi connectivity index (χ2v) is 0.357. The van der Waals surface area contributed by atoms with E-state index in [-0.39, 0.29) is 17.1 Å². The van der Waals surface area contributed by atoms with Gasteiger partial charge in [0.25, 0.3) is 0 Å². The zero-order valence-corrected chi connectivity index (χ0v) is 6.34. The summed E-state index contributed by atoms with van der Waals surface area (Å²) in [7, 11) is 0. The summed E-state index contributed by atoms with van der Waals surface area (Å²) in [6.07, 6.45) is 0. The summed E-state index contributed by atoms with van der Waals surface area (Å²) in [6, 6.07) is 0. The van der Waals surface area contributed by atoms with Crippen LogP contribution in [0, 0.1) is 0 Å². The van der Waals surface area contributed by atoms with Gasteiger partial charge in [0.1, 0.15) is 0 Å². The molecule has 5 radical (unpaired) electrons. The van der Waals surface area contributed by atoms with E-state index in [0.29, 0.717) is 0 Å². The van der Waals surface area contributed by atoms with Crippen molar-refractivity contribution in [3.63, 3.8) is 0 Å². The summed E-state index contributed by atoms with van der Waals surface area (Å²) >= 11 is 2.79. The first kappa shape index (κ1) is 15.7. The number of hydrogen-bond acceptors (Lipinski definition) is 3. The predicted octanol–water partition coefficient (Wildman–Crippen LogP) is -1.14. The first-order valence-corrected chi connectivity index (χ1v) is 1.75. The van der Waals surface area contributed by atoms with Gasteiger partial charge in [-0.3, -0.25) is 0 Å². The van der Waals surface area contributed by atoms with E-state index < -0.39 is 0 Å². The Morgan fingerprint density at radius 2 is 1.43 bits per heavy atom. The Morgan fingerprint density at radius 3 is 1.43 bits per heavy atom. The standard InChI is InChI=1S/2Al.Cu.HO3.O/c;;;1-3-2;/h;;;1H;/q;+1;;;/p-1. The molecule has 0 aliphatic carbocycles. The van der Waals surface area contributed by atoms with Crippen molar-refractivity contribution in [1.29, 1.82) is 0 Å². The third-order valence-corrected chi connectivity index (χ3v) is 0.118. The summed E-state index contributed by atoms with van der Waals surface area (Å²) in [5.41, 5.74) is 0. The van der Waals surface area contributed by atoms with Crippen LogP contribution in [0.1, 0.15) is 0 Å². The molecular formula is Al2CuO4. The molecule has 7 heavy (non-hydrogen) atoms. The SMILES string of the molecule is [Cu].[O]=[Al].[O]O[O][Al]. The van der Waals surface area contributed by atoms with Gasteiger partial charge in [-0.15, -0.1) is 0 Å². The van der Waals surface area contributed by atoms with Crippen molar-refractivity contribution in [2.24, 2.45) is 0 Å². The topological polar surface area (TPSA) is 55.4 Å². The maximum atomic E-state index is 8.56. The van der Waals surface area contributed by atoms with Crippen molar-refractivity contribution >= 4 is 32.8 Å². The van der Waals surface area contributed by atoms with Crippen LogP contribution in [0.4, 0.5) is 0 Å². The molecule has 0 bridgehead atoms. The molecule has 0 aliphatic heterocycles. The summed E-state index contributed by atoms with van der Waals surface area (Å²) in [4.78, 5) is 0. The molecule has 0 aromatic carbocycles. The molecule has 0 N–H and O–H groups in total. The maximum absolute atomic E-state index is 8.56. The smallest absolute Gasteiger partial charge is 0.367 e. The van der Waals surface area contributed by atoms with Gasteiger partial charge in [-0.1, -0.05) is 5.04 Å². The molecular weight excluding hydrogens is 182 g/mol. The minimum Gasteiger partial charge on any atom is -0.367 e. The monoisotopic (exact) mass is 181 g/mol. The fourth-order valence-electron chi connectivity index (χ4n) is 0. The number of hydrogen-bond donors (Lipinski definition) is 0. The van der Waals surface area contributed by atoms with E-state index in [1.165, 1.54) is 16.2 Å². The molecule has 0 aromatic rings. The second-order valence-electron chi connectivity index (χ2n) is 0.164. The Morgan fingerprint density at radius 1 is 1.29 bits per heavy atom. The van der Waals surface area contributed by atoms with E-state index in [9.17, 15) is 0 Å². The van der Waals surface area contributed by atoms with Gasteiger partial charge < -0.3 is 3.94 Å². The molecule has 0 atom stereocenters. The molecule has 41 valence electrons. The van der Waals surface area contributed by atoms with E-state index >= 15 is 0 Å². The number of rotatable bonds is 1. The van der Waals surface area contributed by atoms with Crippen LogP contribution >= 0.6 is 0 Å². The minimum atomic E-state index is 0. The van der Waals surface area contributed by atoms with Gasteiger partial charge in [0.2, 0.25) is 0 Å². The molecule has 0 heterocycles. The molecule has 7 heteroatoms. The molecule has 4 nitrogen and oxygen atoms in total. The Bertz CT molecular complexity index is 17.2. The van der Waals surface area contributed by atoms with Gasteiger partial charge in [-0.25, -0.2) is 0 Å². The van der Waals surface area contributed by atoms with Crippen molar-refractivity contribution in [2.45, 2.75) is 0 Å². The first-order valence-electron chi connectivity index (χ1n) is 0.805. The fraction of sp³-hybridized carbons (Fsp3) is 0. The van der Waals surface area contributed by atoms with Crippen LogP contribution in [0.3, 0.4) is 0 Å². The largest absolute Gasteiger partial charge is 0.441 e. The maximum Gasteiger partial charge on any atom is 0.441 e. The van der Waals surface area contributed by atoms with Gasteiger partial charge in [-0.2, -0.15) is 0 Å². The van der Waals surface area contributed by atoms with E-state index in [1.54, 1.807) is 16.6 Å². The van der Waals surface area contributed by atoms with Gasteiger partial charge in [0, 0.05) is 17.1 Å². The van der Waals surface area contributed by atoms with Crippen molar-refractivity contribution in [3.8, 4) is 0 Å². The van der Waals surface area contributed by atoms with Gasteiger partial charge in [0.15, 0.2) is 0 Å². The van der Waals surface area contributed by atoms with E-state index in [4.69, 9.17) is 9.06 Å². The van der Waals surface area contributed by atoms with Gasteiger partial charge >= 0.3 is 36.7 Å². The molecule has 0 saturated heterocycles. The van der Waals surface area contributed by atoms with Crippen molar-refractivity contribution < 1.29 is 35.1 Å². The summed E-state index contributed by atoms with van der Waals surface area (Å²) < 4.78 is 11.6. The summed E-state index contributed by atoms with van der Waals surface area (Å²) in [6.45, 7) is 0. The zero-order chi connectivity index (χ0) is 5.41. The molecule has 0 aromatic heterocycles. The van der Waals surface area contributed by atoms with E-state index in [1.807, 2.05) is 0 Å². The average Bonchev–Trinajstić information content (AvgIpc) is 1.72. The van der Waals surface area contributed by atoms with Gasteiger partial charge in [0.05, 0.1) is 0 Å². The molecule has 0 saturated carbocycles. The van der Waals surface area contributed by atoms with Crippen molar-refractivity contribution in [1.82, 2.24) is 0 Å². The Balaban J connectivity index is -0.0000000480. The fourth-order valence-corrected chi connectivity index (χ4v) is 0. The summed E-state index contributed by atoms with van der Waals surface area (Å²) in [5, 5.41) is 11.3. The molecule has 0 rings (SSSR count). The van der Waals surface area contributed by atoms with E-state index in [2.05, 4.69) is 8.98 Å². The van der Waals surface area contributed by atoms with E-state index in [0.717, 1.165) is 0 Å². The third-order valence-electron chi connectivity index (χ3n) is 0.0393. The van der Waals surface area contributed by atoms with Crippen LogP contribution in [0.2, 0.25) is 0 Å². The van der Waals surface area contributed by atoms with Crippen LogP contribution in [0.15, 0.2) is 0 Å². The predicted molar refractivity (Wildman–Crippen MR) is 15.1 cm³/mol. The normalized spacial score (nSPS) is 4.57. The summed E-state index contributed by atoms with van der Waals surface area (Å²) in [5.74, 6) is 0. The molecule has 0 unspecified atom stereocenters. The Kier molecular flexibility index (Phi) is 60.1. The molecule has 0 fully saturated rings. The van der Waals surface area contributed by atoms with Crippen LogP contribution in [0.5, 0.6) is 0 Å². The van der Waals surface area contributed by atoms with Crippen molar-refractivity contribution in [2.75, 3.05) is 0 Å². The molecule has 0 aliphatic rings. The van der Waals surface area contributed by atoms with Gasteiger partial charge in [-0.05, 0) is 5.26 Å². The minimum absolute atomic E-state index is 0. The third kappa shape index (κ3) is 39.3. The Hall–Kier alpha value is 1.26. The van der Waals surface area contributed by atoms with Crippen LogP contribution in [-0.4, -0.2) is 32.8 Å². The second kappa shape index (κ2) is 26.8. The Labute approximate surface area is 67.9 Å². The van der Waals surface area contributed by atoms with Crippen LogP contribution < -0.4 is 0 Å². The first-order chi connectivity index (χ1) is 2.91. The molecule has 0 spiro atoms. The zero-order valence-electron chi connectivity index (χ0n) is 3.09. The molecule has 0 amide bonds.